The van der Waals surface area contributed by atoms with Gasteiger partial charge in [0.25, 0.3) is 0 Å². The zero-order valence-electron chi connectivity index (χ0n) is 19.3. The predicted molar refractivity (Wildman–Crippen MR) is 132 cm³/mol. The van der Waals surface area contributed by atoms with E-state index in [-0.39, 0.29) is 23.9 Å². The quantitative estimate of drug-likeness (QED) is 0.572. The number of rotatable bonds is 6. The first-order valence-corrected chi connectivity index (χ1v) is 11.6. The fourth-order valence-corrected chi connectivity index (χ4v) is 4.71. The lowest BCUT2D eigenvalue weighted by atomic mass is 9.87. The lowest BCUT2D eigenvalue weighted by Crippen LogP contribution is -2.58. The zero-order valence-corrected chi connectivity index (χ0v) is 19.3. The van der Waals surface area contributed by atoms with E-state index in [1.54, 1.807) is 13.0 Å². The molecule has 0 saturated heterocycles. The van der Waals surface area contributed by atoms with E-state index >= 15 is 0 Å². The Kier molecular flexibility index (Phi) is 6.53. The third-order valence-electron chi connectivity index (χ3n) is 6.27. The summed E-state index contributed by atoms with van der Waals surface area (Å²) in [6, 6.07) is 15.7. The number of ether oxygens (including phenoxy) is 1. The molecular weight excluding hydrogens is 416 g/mol. The Morgan fingerprint density at radius 3 is 2.58 bits per heavy atom. The van der Waals surface area contributed by atoms with Crippen LogP contribution in [0.25, 0.3) is 0 Å². The van der Waals surface area contributed by atoms with Crippen LogP contribution in [0.1, 0.15) is 67.9 Å². The molecule has 0 bridgehead atoms. The summed E-state index contributed by atoms with van der Waals surface area (Å²) in [6.07, 6.45) is 4.78. The number of carbonyl (C=O) groups is 1. The molecular formula is C25H32N6O2. The third kappa shape index (κ3) is 4.65. The molecule has 8 nitrogen and oxygen atoms in total. The van der Waals surface area contributed by atoms with E-state index in [1.807, 2.05) is 35.2 Å². The molecule has 1 saturated carbocycles. The average molecular weight is 449 g/mol. The normalized spacial score (nSPS) is 18.3. The van der Waals surface area contributed by atoms with Crippen molar-refractivity contribution in [2.75, 3.05) is 16.8 Å². The maximum Gasteiger partial charge on any atom is 0.338 e. The van der Waals surface area contributed by atoms with E-state index in [9.17, 15) is 4.79 Å². The van der Waals surface area contributed by atoms with Crippen molar-refractivity contribution in [3.8, 4) is 0 Å². The maximum absolute atomic E-state index is 12.6. The minimum absolute atomic E-state index is 0.0252. The van der Waals surface area contributed by atoms with Crippen molar-refractivity contribution in [1.29, 1.82) is 0 Å². The van der Waals surface area contributed by atoms with Crippen LogP contribution in [0, 0.1) is 0 Å². The van der Waals surface area contributed by atoms with Crippen LogP contribution in [-0.2, 0) is 4.74 Å². The number of nitrogens with zero attached hydrogens (tertiary/aromatic N) is 3. The van der Waals surface area contributed by atoms with Gasteiger partial charge in [-0.25, -0.2) is 9.79 Å². The summed E-state index contributed by atoms with van der Waals surface area (Å²) in [7, 11) is 0. The molecule has 5 N–H and O–H groups in total. The molecule has 8 heteroatoms. The SMILES string of the molecule is CCOC(=O)c1ccc(NC(C)c2ccccc2)c(N2C(N)=NC(N)=NC23CCCCC3)c1. The van der Waals surface area contributed by atoms with E-state index in [1.165, 1.54) is 0 Å². The molecule has 2 aromatic rings. The van der Waals surface area contributed by atoms with Gasteiger partial charge in [0.05, 0.1) is 23.5 Å². The average Bonchev–Trinajstić information content (AvgIpc) is 2.80. The zero-order chi connectivity index (χ0) is 23.4. The summed E-state index contributed by atoms with van der Waals surface area (Å²) in [5, 5.41) is 3.59. The van der Waals surface area contributed by atoms with Crippen molar-refractivity contribution in [1.82, 2.24) is 0 Å². The molecule has 174 valence electrons. The summed E-state index contributed by atoms with van der Waals surface area (Å²) in [6.45, 7) is 4.19. The highest BCUT2D eigenvalue weighted by Crippen LogP contribution is 2.43. The van der Waals surface area contributed by atoms with Crippen LogP contribution >= 0.6 is 0 Å². The van der Waals surface area contributed by atoms with Crippen molar-refractivity contribution >= 4 is 29.3 Å². The van der Waals surface area contributed by atoms with Crippen LogP contribution in [0.15, 0.2) is 58.5 Å². The molecule has 2 aliphatic rings. The molecule has 1 spiro atoms. The maximum atomic E-state index is 12.6. The Bertz CT molecular complexity index is 1060. The van der Waals surface area contributed by atoms with Crippen molar-refractivity contribution in [3.05, 3.63) is 59.7 Å². The Balaban J connectivity index is 1.80. The van der Waals surface area contributed by atoms with Crippen molar-refractivity contribution in [2.24, 2.45) is 21.5 Å². The summed E-state index contributed by atoms with van der Waals surface area (Å²) in [5.74, 6) is 0.0924. The topological polar surface area (TPSA) is 118 Å². The predicted octanol–water partition coefficient (Wildman–Crippen LogP) is 4.15. The number of benzene rings is 2. The number of carbonyl (C=O) groups excluding carboxylic acids is 1. The van der Waals surface area contributed by atoms with Crippen LogP contribution in [0.4, 0.5) is 11.4 Å². The first kappa shape index (κ1) is 22.6. The van der Waals surface area contributed by atoms with Gasteiger partial charge in [0.2, 0.25) is 11.9 Å². The minimum Gasteiger partial charge on any atom is -0.462 e. The summed E-state index contributed by atoms with van der Waals surface area (Å²) in [5.41, 5.74) is 15.1. The molecule has 0 radical (unpaired) electrons. The first-order valence-electron chi connectivity index (χ1n) is 11.6. The number of esters is 1. The number of nitrogens with one attached hydrogen (secondary N) is 1. The van der Waals surface area contributed by atoms with Gasteiger partial charge in [0.1, 0.15) is 5.66 Å². The second-order valence-corrected chi connectivity index (χ2v) is 8.55. The first-order chi connectivity index (χ1) is 15.9. The van der Waals surface area contributed by atoms with Crippen molar-refractivity contribution < 1.29 is 9.53 Å². The van der Waals surface area contributed by atoms with Gasteiger partial charge in [-0.05, 0) is 63.3 Å². The standard InChI is InChI=1S/C25H32N6O2/c1-3-33-22(32)19-12-13-20(28-17(2)18-10-6-4-7-11-18)21(16-19)31-24(27)29-23(26)30-25(31)14-8-5-9-15-25/h4,6-7,10-13,16-17,28H,3,5,8-9,14-15H2,1-2H3,(H4,26,27,29,30). The number of aliphatic imine (C=N–C) groups is 2. The van der Waals surface area contributed by atoms with Crippen molar-refractivity contribution in [2.45, 2.75) is 57.7 Å². The largest absolute Gasteiger partial charge is 0.462 e. The van der Waals surface area contributed by atoms with E-state index in [0.717, 1.165) is 49.0 Å². The Hall–Kier alpha value is -3.55. The molecule has 33 heavy (non-hydrogen) atoms. The van der Waals surface area contributed by atoms with Gasteiger partial charge in [0.15, 0.2) is 0 Å². The third-order valence-corrected chi connectivity index (χ3v) is 6.27. The molecule has 2 aromatic carbocycles. The molecule has 1 fully saturated rings. The minimum atomic E-state index is -0.617. The number of hydrogen-bond acceptors (Lipinski definition) is 8. The number of anilines is 2. The lowest BCUT2D eigenvalue weighted by molar-refractivity contribution is 0.0526. The van der Waals surface area contributed by atoms with E-state index in [0.29, 0.717) is 12.2 Å². The second kappa shape index (κ2) is 9.52. The molecule has 1 unspecified atom stereocenters. The van der Waals surface area contributed by atoms with Gasteiger partial charge in [-0.15, -0.1) is 0 Å². The summed E-state index contributed by atoms with van der Waals surface area (Å²) in [4.78, 5) is 23.6. The Labute approximate surface area is 194 Å². The molecule has 1 atom stereocenters. The van der Waals surface area contributed by atoms with Gasteiger partial charge < -0.3 is 21.5 Å². The summed E-state index contributed by atoms with van der Waals surface area (Å²) < 4.78 is 5.25. The molecule has 4 rings (SSSR count). The molecule has 1 aliphatic heterocycles. The monoisotopic (exact) mass is 448 g/mol. The Morgan fingerprint density at radius 2 is 1.88 bits per heavy atom. The van der Waals surface area contributed by atoms with Gasteiger partial charge in [-0.3, -0.25) is 4.90 Å². The highest BCUT2D eigenvalue weighted by molar-refractivity contribution is 6.08. The van der Waals surface area contributed by atoms with Crippen LogP contribution in [0.5, 0.6) is 0 Å². The van der Waals surface area contributed by atoms with Crippen LogP contribution in [-0.4, -0.2) is 30.2 Å². The fourth-order valence-electron chi connectivity index (χ4n) is 4.71. The van der Waals surface area contributed by atoms with Gasteiger partial charge in [0, 0.05) is 6.04 Å². The molecule has 1 aliphatic carbocycles. The van der Waals surface area contributed by atoms with E-state index in [4.69, 9.17) is 21.2 Å². The van der Waals surface area contributed by atoms with E-state index in [2.05, 4.69) is 29.4 Å². The van der Waals surface area contributed by atoms with Crippen LogP contribution < -0.4 is 21.7 Å². The van der Waals surface area contributed by atoms with Gasteiger partial charge in [-0.2, -0.15) is 4.99 Å². The van der Waals surface area contributed by atoms with Crippen molar-refractivity contribution in [3.63, 3.8) is 0 Å². The van der Waals surface area contributed by atoms with E-state index < -0.39 is 5.66 Å². The Morgan fingerprint density at radius 1 is 1.15 bits per heavy atom. The summed E-state index contributed by atoms with van der Waals surface area (Å²) >= 11 is 0. The highest BCUT2D eigenvalue weighted by Gasteiger charge is 2.43. The number of hydrogen-bond donors (Lipinski definition) is 3. The smallest absolute Gasteiger partial charge is 0.338 e. The number of guanidine groups is 2. The number of nitrogens with two attached hydrogens (primary N) is 2. The van der Waals surface area contributed by atoms with Crippen LogP contribution in [0.2, 0.25) is 0 Å². The van der Waals surface area contributed by atoms with Gasteiger partial charge >= 0.3 is 5.97 Å². The van der Waals surface area contributed by atoms with Crippen LogP contribution in [0.3, 0.4) is 0 Å². The lowest BCUT2D eigenvalue weighted by Gasteiger charge is -2.46. The highest BCUT2D eigenvalue weighted by atomic mass is 16.5. The van der Waals surface area contributed by atoms with Gasteiger partial charge in [-0.1, -0.05) is 36.8 Å². The molecule has 0 aromatic heterocycles. The second-order valence-electron chi connectivity index (χ2n) is 8.55. The molecule has 1 heterocycles. The molecule has 0 amide bonds. The fraction of sp³-hybridized carbons (Fsp3) is 0.400.